The Hall–Kier alpha value is -0.500. The van der Waals surface area contributed by atoms with E-state index in [0.717, 1.165) is 6.92 Å². The number of aliphatic hydroxyl groups is 5. The third kappa shape index (κ3) is 33.5. The molecule has 0 amide bonds. The molecule has 0 rings (SSSR count). The molecule has 0 aliphatic rings. The second-order valence-corrected chi connectivity index (χ2v) is 6.65. The van der Waals surface area contributed by atoms with Gasteiger partial charge in [0.2, 0.25) is 0 Å². The van der Waals surface area contributed by atoms with Crippen molar-refractivity contribution in [2.24, 2.45) is 0 Å². The second kappa shape index (κ2) is 18.8. The predicted octanol–water partition coefficient (Wildman–Crippen LogP) is -3.75. The molecule has 0 saturated carbocycles. The molecule has 0 saturated heterocycles. The highest BCUT2D eigenvalue weighted by atomic mass is 32.3. The maximum Gasteiger partial charge on any atom is 0.397 e. The van der Waals surface area contributed by atoms with Crippen LogP contribution >= 0.6 is 0 Å². The minimum Gasteiger partial charge on any atom is -0.395 e. The van der Waals surface area contributed by atoms with E-state index < -0.39 is 33.5 Å². The lowest BCUT2D eigenvalue weighted by atomic mass is 10.4. The molecule has 1 atom stereocenters. The van der Waals surface area contributed by atoms with Crippen molar-refractivity contribution in [3.63, 3.8) is 0 Å². The Balaban J connectivity index is -0.000000364. The third-order valence-electron chi connectivity index (χ3n) is 2.09. The zero-order chi connectivity index (χ0) is 21.9. The van der Waals surface area contributed by atoms with Gasteiger partial charge in [-0.15, -0.1) is 0 Å². The molecule has 0 aliphatic carbocycles. The molecule has 168 valence electrons. The van der Waals surface area contributed by atoms with Crippen LogP contribution in [0.5, 0.6) is 0 Å². The normalized spacial score (nSPS) is 12.6. The maximum atomic E-state index is 10.0. The second-order valence-electron chi connectivity index (χ2n) is 4.51. The van der Waals surface area contributed by atoms with E-state index in [-0.39, 0.29) is 33.0 Å². The maximum absolute atomic E-state index is 10.0. The Morgan fingerprint density at radius 1 is 0.741 bits per heavy atom. The molecule has 16 heteroatoms. The van der Waals surface area contributed by atoms with E-state index in [1.165, 1.54) is 0 Å². The Morgan fingerprint density at radius 2 is 1.11 bits per heavy atom. The molecule has 1 unspecified atom stereocenters. The fraction of sp³-hybridized carbons (Fsp3) is 1.00. The summed E-state index contributed by atoms with van der Waals surface area (Å²) in [5.74, 6) is 0. The first-order valence-corrected chi connectivity index (χ1v) is 10.1. The Bertz CT molecular complexity index is 494. The lowest BCUT2D eigenvalue weighted by Crippen LogP contribution is -2.32. The van der Waals surface area contributed by atoms with Gasteiger partial charge >= 0.3 is 20.8 Å². The first-order valence-electron chi connectivity index (χ1n) is 7.40. The monoisotopic (exact) mass is 447 g/mol. The topological polar surface area (TPSA) is 232 Å². The van der Waals surface area contributed by atoms with Crippen LogP contribution in [0.4, 0.5) is 0 Å². The van der Waals surface area contributed by atoms with Gasteiger partial charge in [0.1, 0.15) is 6.10 Å². The molecule has 0 radical (unpaired) electrons. The highest BCUT2D eigenvalue weighted by Crippen LogP contribution is 1.99. The summed E-state index contributed by atoms with van der Waals surface area (Å²) in [4.78, 5) is 1.79. The SMILES string of the molecule is CC(COS(=O)(=O)O)OS(=O)(=O)O.OCCN(CCO)CCO.OCCO. The van der Waals surface area contributed by atoms with Gasteiger partial charge in [-0.1, -0.05) is 0 Å². The third-order valence-corrected chi connectivity index (χ3v) is 3.09. The van der Waals surface area contributed by atoms with Gasteiger partial charge < -0.3 is 25.5 Å². The largest absolute Gasteiger partial charge is 0.397 e. The van der Waals surface area contributed by atoms with Crippen molar-refractivity contribution >= 4 is 20.8 Å². The molecule has 0 heterocycles. The summed E-state index contributed by atoms with van der Waals surface area (Å²) in [6, 6.07) is 0. The molecular formula is C11H29NO13S2. The smallest absolute Gasteiger partial charge is 0.395 e. The van der Waals surface area contributed by atoms with Crippen LogP contribution in [0.3, 0.4) is 0 Å². The van der Waals surface area contributed by atoms with Crippen molar-refractivity contribution in [1.29, 1.82) is 0 Å². The minimum atomic E-state index is -4.65. The molecule has 0 aromatic carbocycles. The molecule has 0 bridgehead atoms. The van der Waals surface area contributed by atoms with Crippen molar-refractivity contribution < 1.29 is 59.8 Å². The fourth-order valence-corrected chi connectivity index (χ4v) is 2.01. The lowest BCUT2D eigenvalue weighted by molar-refractivity contribution is 0.127. The summed E-state index contributed by atoms with van der Waals surface area (Å²) in [6.07, 6.45) is -1.23. The van der Waals surface area contributed by atoms with Crippen molar-refractivity contribution in [2.75, 3.05) is 59.3 Å². The molecule has 0 aromatic rings. The van der Waals surface area contributed by atoms with Crippen LogP contribution in [-0.4, -0.2) is 122 Å². The van der Waals surface area contributed by atoms with E-state index in [1.54, 1.807) is 4.90 Å². The van der Waals surface area contributed by atoms with Crippen LogP contribution in [0.15, 0.2) is 0 Å². The van der Waals surface area contributed by atoms with Gasteiger partial charge in [-0.25, -0.2) is 8.37 Å². The van der Waals surface area contributed by atoms with Crippen molar-refractivity contribution in [2.45, 2.75) is 13.0 Å². The standard InChI is InChI=1S/C6H15NO3.C3H8O8S2.C2H6O2/c8-4-1-7(2-5-9)3-6-10;1-3(11-13(7,8)9)2-10-12(4,5)6;3-1-2-4/h8-10H,1-6H2;3H,2H2,1H3,(H,4,5,6)(H,7,8,9);3-4H,1-2H2. The van der Waals surface area contributed by atoms with E-state index in [1.807, 2.05) is 0 Å². The van der Waals surface area contributed by atoms with E-state index in [9.17, 15) is 16.8 Å². The molecular weight excluding hydrogens is 418 g/mol. The predicted molar refractivity (Wildman–Crippen MR) is 91.5 cm³/mol. The zero-order valence-electron chi connectivity index (χ0n) is 14.8. The van der Waals surface area contributed by atoms with Gasteiger partial charge in [-0.05, 0) is 6.92 Å². The average Bonchev–Trinajstić information content (AvgIpc) is 2.52. The molecule has 14 nitrogen and oxygen atoms in total. The summed E-state index contributed by atoms with van der Waals surface area (Å²) in [5.41, 5.74) is 0. The number of hydrogen-bond donors (Lipinski definition) is 7. The van der Waals surface area contributed by atoms with Crippen LogP contribution in [0.1, 0.15) is 6.92 Å². The summed E-state index contributed by atoms with van der Waals surface area (Å²) >= 11 is 0. The van der Waals surface area contributed by atoms with Crippen molar-refractivity contribution in [3.8, 4) is 0 Å². The number of nitrogens with zero attached hydrogens (tertiary/aromatic N) is 1. The molecule has 0 fully saturated rings. The minimum absolute atomic E-state index is 0.0694. The summed E-state index contributed by atoms with van der Waals surface area (Å²) < 4.78 is 63.8. The quantitative estimate of drug-likeness (QED) is 0.142. The van der Waals surface area contributed by atoms with Gasteiger partial charge in [0.25, 0.3) is 0 Å². The van der Waals surface area contributed by atoms with Crippen LogP contribution in [0, 0.1) is 0 Å². The number of hydrogen-bond acceptors (Lipinski definition) is 12. The number of aliphatic hydroxyl groups excluding tert-OH is 5. The van der Waals surface area contributed by atoms with Crippen LogP contribution < -0.4 is 0 Å². The van der Waals surface area contributed by atoms with Gasteiger partial charge in [0.05, 0.1) is 39.6 Å². The Kier molecular flexibility index (Phi) is 21.8. The van der Waals surface area contributed by atoms with Gasteiger partial charge in [-0.3, -0.25) is 14.0 Å². The molecule has 0 aliphatic heterocycles. The van der Waals surface area contributed by atoms with E-state index in [4.69, 9.17) is 34.6 Å². The van der Waals surface area contributed by atoms with Crippen molar-refractivity contribution in [1.82, 2.24) is 4.90 Å². The molecule has 7 N–H and O–H groups in total. The highest BCUT2D eigenvalue weighted by molar-refractivity contribution is 7.81. The fourth-order valence-electron chi connectivity index (χ4n) is 1.18. The van der Waals surface area contributed by atoms with Crippen LogP contribution in [0.2, 0.25) is 0 Å². The molecule has 0 spiro atoms. The lowest BCUT2D eigenvalue weighted by Gasteiger charge is -2.17. The van der Waals surface area contributed by atoms with E-state index >= 15 is 0 Å². The average molecular weight is 447 g/mol. The van der Waals surface area contributed by atoms with Crippen molar-refractivity contribution in [3.05, 3.63) is 0 Å². The van der Waals surface area contributed by atoms with Crippen LogP contribution in [-0.2, 0) is 29.2 Å². The summed E-state index contributed by atoms with van der Waals surface area (Å²) in [5, 5.41) is 40.7. The van der Waals surface area contributed by atoms with Gasteiger partial charge in [-0.2, -0.15) is 16.8 Å². The van der Waals surface area contributed by atoms with E-state index in [0.29, 0.717) is 19.6 Å². The first-order chi connectivity index (χ1) is 12.4. The van der Waals surface area contributed by atoms with Crippen LogP contribution in [0.25, 0.3) is 0 Å². The Morgan fingerprint density at radius 3 is 1.33 bits per heavy atom. The summed E-state index contributed by atoms with van der Waals surface area (Å²) in [6.45, 7) is 1.90. The summed E-state index contributed by atoms with van der Waals surface area (Å²) in [7, 11) is -9.28. The van der Waals surface area contributed by atoms with Gasteiger partial charge in [0, 0.05) is 19.6 Å². The Labute approximate surface area is 158 Å². The first kappa shape index (κ1) is 31.2. The highest BCUT2D eigenvalue weighted by Gasteiger charge is 2.15. The molecule has 27 heavy (non-hydrogen) atoms. The number of rotatable bonds is 12. The van der Waals surface area contributed by atoms with Gasteiger partial charge in [0.15, 0.2) is 0 Å². The zero-order valence-corrected chi connectivity index (χ0v) is 16.4. The molecule has 0 aromatic heterocycles. The van der Waals surface area contributed by atoms with E-state index in [2.05, 4.69) is 8.37 Å².